The van der Waals surface area contributed by atoms with Gasteiger partial charge < -0.3 is 4.74 Å². The van der Waals surface area contributed by atoms with Gasteiger partial charge in [-0.25, -0.2) is 0 Å². The molecular formula is C16H32N2O. The summed E-state index contributed by atoms with van der Waals surface area (Å²) in [7, 11) is 0. The average Bonchev–Trinajstić information content (AvgIpc) is 2.77. The fourth-order valence-corrected chi connectivity index (χ4v) is 3.81. The Bertz CT molecular complexity index is 290. The number of ether oxygens (including phenoxy) is 1. The highest BCUT2D eigenvalue weighted by Gasteiger charge is 2.38. The first-order chi connectivity index (χ1) is 8.81. The summed E-state index contributed by atoms with van der Waals surface area (Å²) >= 11 is 0. The van der Waals surface area contributed by atoms with Crippen LogP contribution in [0.2, 0.25) is 0 Å². The van der Waals surface area contributed by atoms with Crippen LogP contribution >= 0.6 is 0 Å². The minimum Gasteiger partial charge on any atom is -0.379 e. The molecule has 3 heteroatoms. The summed E-state index contributed by atoms with van der Waals surface area (Å²) in [5, 5.41) is 0. The zero-order valence-electron chi connectivity index (χ0n) is 13.5. The maximum absolute atomic E-state index is 5.49. The number of morpholine rings is 1. The third kappa shape index (κ3) is 3.71. The van der Waals surface area contributed by atoms with E-state index in [1.807, 2.05) is 0 Å². The van der Waals surface area contributed by atoms with E-state index in [2.05, 4.69) is 44.4 Å². The maximum Gasteiger partial charge on any atom is 0.0594 e. The predicted octanol–water partition coefficient (Wildman–Crippen LogP) is 2.75. The van der Waals surface area contributed by atoms with Gasteiger partial charge in [-0.05, 0) is 60.4 Å². The Kier molecular flexibility index (Phi) is 4.59. The number of hydrogen-bond acceptors (Lipinski definition) is 3. The van der Waals surface area contributed by atoms with Gasteiger partial charge in [0.25, 0.3) is 0 Å². The van der Waals surface area contributed by atoms with Gasteiger partial charge in [0, 0.05) is 30.2 Å². The van der Waals surface area contributed by atoms with Crippen molar-refractivity contribution in [1.82, 2.24) is 9.80 Å². The molecule has 112 valence electrons. The highest BCUT2D eigenvalue weighted by molar-refractivity contribution is 4.94. The molecular weight excluding hydrogens is 236 g/mol. The topological polar surface area (TPSA) is 15.7 Å². The Morgan fingerprint density at radius 1 is 1.00 bits per heavy atom. The van der Waals surface area contributed by atoms with Crippen molar-refractivity contribution in [2.75, 3.05) is 32.8 Å². The Labute approximate surface area is 119 Å². The number of hydrogen-bond donors (Lipinski definition) is 0. The van der Waals surface area contributed by atoms with Crippen LogP contribution in [0.15, 0.2) is 0 Å². The molecule has 0 aromatic rings. The van der Waals surface area contributed by atoms with E-state index in [1.54, 1.807) is 0 Å². The van der Waals surface area contributed by atoms with E-state index in [1.165, 1.54) is 25.8 Å². The van der Waals surface area contributed by atoms with Crippen LogP contribution in [0.4, 0.5) is 0 Å². The Balaban J connectivity index is 1.98. The summed E-state index contributed by atoms with van der Waals surface area (Å²) < 4.78 is 5.49. The molecule has 3 nitrogen and oxygen atoms in total. The van der Waals surface area contributed by atoms with Crippen LogP contribution < -0.4 is 0 Å². The molecule has 1 unspecified atom stereocenters. The largest absolute Gasteiger partial charge is 0.379 e. The molecule has 2 rings (SSSR count). The van der Waals surface area contributed by atoms with E-state index in [4.69, 9.17) is 4.74 Å². The van der Waals surface area contributed by atoms with Gasteiger partial charge in [0.2, 0.25) is 0 Å². The maximum atomic E-state index is 5.49. The van der Waals surface area contributed by atoms with E-state index >= 15 is 0 Å². The van der Waals surface area contributed by atoms with Gasteiger partial charge in [0.1, 0.15) is 0 Å². The molecule has 2 heterocycles. The number of rotatable bonds is 3. The average molecular weight is 268 g/mol. The lowest BCUT2D eigenvalue weighted by atomic mass is 9.90. The minimum atomic E-state index is 0.294. The van der Waals surface area contributed by atoms with Crippen LogP contribution in [0.5, 0.6) is 0 Å². The van der Waals surface area contributed by atoms with Gasteiger partial charge in [-0.3, -0.25) is 9.80 Å². The van der Waals surface area contributed by atoms with Gasteiger partial charge >= 0.3 is 0 Å². The highest BCUT2D eigenvalue weighted by Crippen LogP contribution is 2.33. The zero-order chi connectivity index (χ0) is 14.1. The molecule has 0 saturated carbocycles. The van der Waals surface area contributed by atoms with Gasteiger partial charge in [0.15, 0.2) is 0 Å². The summed E-state index contributed by atoms with van der Waals surface area (Å²) in [6.07, 6.45) is 4.01. The van der Waals surface area contributed by atoms with Crippen molar-refractivity contribution in [3.8, 4) is 0 Å². The zero-order valence-corrected chi connectivity index (χ0v) is 13.5. The molecule has 0 bridgehead atoms. The van der Waals surface area contributed by atoms with Crippen LogP contribution in [0.1, 0.15) is 53.9 Å². The molecule has 2 fully saturated rings. The van der Waals surface area contributed by atoms with E-state index in [0.29, 0.717) is 11.1 Å². The minimum absolute atomic E-state index is 0.294. The molecule has 0 radical (unpaired) electrons. The summed E-state index contributed by atoms with van der Waals surface area (Å²) in [4.78, 5) is 5.34. The molecule has 0 aliphatic carbocycles. The van der Waals surface area contributed by atoms with Crippen molar-refractivity contribution in [2.24, 2.45) is 0 Å². The van der Waals surface area contributed by atoms with E-state index in [-0.39, 0.29) is 0 Å². The summed E-state index contributed by atoms with van der Waals surface area (Å²) in [6.45, 7) is 17.1. The van der Waals surface area contributed by atoms with E-state index in [0.717, 1.165) is 32.3 Å². The van der Waals surface area contributed by atoms with E-state index in [9.17, 15) is 0 Å². The van der Waals surface area contributed by atoms with Crippen molar-refractivity contribution in [1.29, 1.82) is 0 Å². The van der Waals surface area contributed by atoms with Crippen LogP contribution in [-0.4, -0.2) is 59.8 Å². The number of likely N-dealkylation sites (tertiary alicyclic amines) is 1. The second-order valence-electron chi connectivity index (χ2n) is 7.78. The molecule has 2 saturated heterocycles. The first kappa shape index (κ1) is 15.3. The van der Waals surface area contributed by atoms with Crippen LogP contribution in [0, 0.1) is 0 Å². The van der Waals surface area contributed by atoms with Crippen LogP contribution in [0.3, 0.4) is 0 Å². The Morgan fingerprint density at radius 2 is 1.63 bits per heavy atom. The Hall–Kier alpha value is -0.120. The molecule has 19 heavy (non-hydrogen) atoms. The Morgan fingerprint density at radius 3 is 2.21 bits per heavy atom. The van der Waals surface area contributed by atoms with Crippen molar-refractivity contribution in [2.45, 2.75) is 71.0 Å². The number of nitrogens with zero attached hydrogens (tertiary/aromatic N) is 2. The fourth-order valence-electron chi connectivity index (χ4n) is 3.81. The monoisotopic (exact) mass is 268 g/mol. The summed E-state index contributed by atoms with van der Waals surface area (Å²) in [5.41, 5.74) is 0.602. The molecule has 2 aliphatic rings. The van der Waals surface area contributed by atoms with E-state index < -0.39 is 0 Å². The smallest absolute Gasteiger partial charge is 0.0594 e. The first-order valence-electron chi connectivity index (χ1n) is 7.90. The van der Waals surface area contributed by atoms with Crippen molar-refractivity contribution in [3.05, 3.63) is 0 Å². The van der Waals surface area contributed by atoms with Gasteiger partial charge in [-0.1, -0.05) is 0 Å². The summed E-state index contributed by atoms with van der Waals surface area (Å²) in [6, 6.07) is 0.748. The lowest BCUT2D eigenvalue weighted by molar-refractivity contribution is -0.0245. The molecule has 1 atom stereocenters. The van der Waals surface area contributed by atoms with Crippen LogP contribution in [-0.2, 0) is 4.74 Å². The molecule has 0 aromatic heterocycles. The third-order valence-corrected chi connectivity index (χ3v) is 4.84. The quantitative estimate of drug-likeness (QED) is 0.783. The standard InChI is InChI=1S/C16H32N2O/c1-15(2,3)18-8-6-7-14(18)13-16(4,5)17-9-11-19-12-10-17/h14H,6-13H2,1-5H3. The normalized spacial score (nSPS) is 27.9. The predicted molar refractivity (Wildman–Crippen MR) is 80.6 cm³/mol. The summed E-state index contributed by atoms with van der Waals surface area (Å²) in [5.74, 6) is 0. The lowest BCUT2D eigenvalue weighted by Gasteiger charge is -2.45. The fraction of sp³-hybridized carbons (Fsp3) is 1.00. The first-order valence-corrected chi connectivity index (χ1v) is 7.90. The molecule has 0 spiro atoms. The van der Waals surface area contributed by atoms with Gasteiger partial charge in [0.05, 0.1) is 13.2 Å². The molecule has 0 amide bonds. The van der Waals surface area contributed by atoms with Crippen LogP contribution in [0.25, 0.3) is 0 Å². The second-order valence-corrected chi connectivity index (χ2v) is 7.78. The van der Waals surface area contributed by atoms with Gasteiger partial charge in [-0.2, -0.15) is 0 Å². The van der Waals surface area contributed by atoms with Crippen molar-refractivity contribution < 1.29 is 4.74 Å². The molecule has 2 aliphatic heterocycles. The molecule has 0 N–H and O–H groups in total. The SMILES string of the molecule is CC(C)(C)N1CCCC1CC(C)(C)N1CCOCC1. The van der Waals surface area contributed by atoms with Crippen molar-refractivity contribution in [3.63, 3.8) is 0 Å². The van der Waals surface area contributed by atoms with Gasteiger partial charge in [-0.15, -0.1) is 0 Å². The lowest BCUT2D eigenvalue weighted by Crippen LogP contribution is -2.54. The van der Waals surface area contributed by atoms with Crippen molar-refractivity contribution >= 4 is 0 Å². The second kappa shape index (κ2) is 5.71. The third-order valence-electron chi connectivity index (χ3n) is 4.84. The highest BCUT2D eigenvalue weighted by atomic mass is 16.5. The molecule has 0 aromatic carbocycles.